The van der Waals surface area contributed by atoms with Crippen molar-refractivity contribution >= 4 is 22.0 Å². The van der Waals surface area contributed by atoms with Crippen LogP contribution in [0.3, 0.4) is 0 Å². The molecule has 12 heteroatoms. The van der Waals surface area contributed by atoms with Crippen LogP contribution in [0.1, 0.15) is 6.92 Å². The summed E-state index contributed by atoms with van der Waals surface area (Å²) in [4.78, 5) is 24.9. The summed E-state index contributed by atoms with van der Waals surface area (Å²) in [5.74, 6) is -2.39. The average molecular weight is 444 g/mol. The van der Waals surface area contributed by atoms with Gasteiger partial charge in [0, 0.05) is 38.4 Å². The van der Waals surface area contributed by atoms with Crippen LogP contribution in [-0.4, -0.2) is 75.5 Å². The Hall–Kier alpha value is -2.57. The summed E-state index contributed by atoms with van der Waals surface area (Å²) in [7, 11) is -4.19. The smallest absolute Gasteiger partial charge is 0.337 e. The molecule has 2 aliphatic heterocycles. The summed E-state index contributed by atoms with van der Waals surface area (Å²) in [6.45, 7) is 2.76. The van der Waals surface area contributed by atoms with Gasteiger partial charge < -0.3 is 15.4 Å². The van der Waals surface area contributed by atoms with E-state index in [-0.39, 0.29) is 45.9 Å². The van der Waals surface area contributed by atoms with Crippen LogP contribution in [0.25, 0.3) is 0 Å². The molecule has 2 heterocycles. The lowest BCUT2D eigenvalue weighted by Gasteiger charge is -2.35. The van der Waals surface area contributed by atoms with E-state index >= 15 is 0 Å². The number of sulfonamides is 1. The number of piperazine rings is 1. The first-order valence-electron chi connectivity index (χ1n) is 9.34. The molecule has 1 aromatic carbocycles. The predicted molar refractivity (Wildman–Crippen MR) is 102 cm³/mol. The van der Waals surface area contributed by atoms with Crippen molar-refractivity contribution < 1.29 is 31.5 Å². The van der Waals surface area contributed by atoms with Crippen LogP contribution >= 0.6 is 0 Å². The van der Waals surface area contributed by atoms with Gasteiger partial charge in [-0.2, -0.15) is 4.31 Å². The Morgan fingerprint density at radius 2 is 1.90 bits per heavy atom. The first-order valence-corrected chi connectivity index (χ1v) is 10.8. The number of carbonyl (C=O) groups excluding carboxylic acids is 2. The van der Waals surface area contributed by atoms with Gasteiger partial charge in [0.15, 0.2) is 0 Å². The van der Waals surface area contributed by atoms with Crippen molar-refractivity contribution in [3.8, 4) is 0 Å². The van der Waals surface area contributed by atoms with Crippen LogP contribution in [0.5, 0.6) is 0 Å². The van der Waals surface area contributed by atoms with Crippen LogP contribution < -0.4 is 10.6 Å². The molecular weight excluding hydrogens is 422 g/mol. The van der Waals surface area contributed by atoms with E-state index in [1.165, 1.54) is 0 Å². The van der Waals surface area contributed by atoms with Gasteiger partial charge in [0.1, 0.15) is 16.5 Å². The number of amides is 2. The highest BCUT2D eigenvalue weighted by molar-refractivity contribution is 7.89. The Balaban J connectivity index is 1.69. The fourth-order valence-electron chi connectivity index (χ4n) is 3.25. The molecule has 0 unspecified atom stereocenters. The molecule has 164 valence electrons. The highest BCUT2D eigenvalue weighted by Gasteiger charge is 2.32. The molecule has 2 N–H and O–H groups in total. The second-order valence-electron chi connectivity index (χ2n) is 6.74. The van der Waals surface area contributed by atoms with Crippen molar-refractivity contribution in [2.75, 3.05) is 45.9 Å². The van der Waals surface area contributed by atoms with Gasteiger partial charge in [-0.1, -0.05) is 0 Å². The Kier molecular flexibility index (Phi) is 6.68. The molecule has 0 radical (unpaired) electrons. The third-order valence-electron chi connectivity index (χ3n) is 4.80. The van der Waals surface area contributed by atoms with Crippen LogP contribution in [0.4, 0.5) is 13.6 Å². The fourth-order valence-corrected chi connectivity index (χ4v) is 4.74. The summed E-state index contributed by atoms with van der Waals surface area (Å²) >= 11 is 0. The van der Waals surface area contributed by atoms with Crippen molar-refractivity contribution in [2.24, 2.45) is 0 Å². The number of carbonyl (C=O) groups is 2. The maximum absolute atomic E-state index is 13.9. The quantitative estimate of drug-likeness (QED) is 0.615. The van der Waals surface area contributed by atoms with Gasteiger partial charge in [0.25, 0.3) is 0 Å². The lowest BCUT2D eigenvalue weighted by Crippen LogP contribution is -2.52. The molecule has 3 rings (SSSR count). The van der Waals surface area contributed by atoms with E-state index < -0.39 is 38.6 Å². The van der Waals surface area contributed by atoms with Crippen LogP contribution in [0.2, 0.25) is 0 Å². The number of rotatable bonds is 6. The van der Waals surface area contributed by atoms with Crippen molar-refractivity contribution in [3.63, 3.8) is 0 Å². The molecule has 9 nitrogen and oxygen atoms in total. The molecule has 0 aliphatic carbocycles. The first kappa shape index (κ1) is 22.1. The summed E-state index contributed by atoms with van der Waals surface area (Å²) in [5.41, 5.74) is 0.693. The number of nitrogens with zero attached hydrogens (tertiary/aromatic N) is 2. The molecule has 0 aromatic heterocycles. The molecule has 2 aliphatic rings. The Morgan fingerprint density at radius 1 is 1.20 bits per heavy atom. The number of esters is 1. The highest BCUT2D eigenvalue weighted by Crippen LogP contribution is 2.22. The SMILES string of the molecule is CCOC(=O)C1=C(CN2CCN(S(=O)(=O)c3cc(F)ccc3F)CC2)NC(=O)NC1. The number of ether oxygens (including phenoxy) is 1. The lowest BCUT2D eigenvalue weighted by molar-refractivity contribution is -0.138. The molecule has 30 heavy (non-hydrogen) atoms. The molecular formula is C18H22F2N4O5S. The predicted octanol–water partition coefficient (Wildman–Crippen LogP) is 0.401. The Labute approximate surface area is 172 Å². The van der Waals surface area contributed by atoms with Gasteiger partial charge in [-0.15, -0.1) is 0 Å². The maximum Gasteiger partial charge on any atom is 0.337 e. The largest absolute Gasteiger partial charge is 0.463 e. The second-order valence-corrected chi connectivity index (χ2v) is 8.65. The normalized spacial score (nSPS) is 18.7. The van der Waals surface area contributed by atoms with Gasteiger partial charge in [-0.05, 0) is 25.1 Å². The Bertz CT molecular complexity index is 975. The zero-order valence-electron chi connectivity index (χ0n) is 16.3. The number of nitrogens with one attached hydrogen (secondary N) is 2. The summed E-state index contributed by atoms with van der Waals surface area (Å²) in [6.07, 6.45) is 0. The molecule has 1 saturated heterocycles. The zero-order valence-corrected chi connectivity index (χ0v) is 17.1. The van der Waals surface area contributed by atoms with Gasteiger partial charge in [-0.25, -0.2) is 26.8 Å². The molecule has 0 spiro atoms. The molecule has 1 fully saturated rings. The molecule has 0 atom stereocenters. The topological polar surface area (TPSA) is 108 Å². The van der Waals surface area contributed by atoms with Crippen LogP contribution in [0.15, 0.2) is 34.4 Å². The minimum Gasteiger partial charge on any atom is -0.463 e. The van der Waals surface area contributed by atoms with E-state index in [2.05, 4.69) is 10.6 Å². The molecule has 1 aromatic rings. The van der Waals surface area contributed by atoms with Gasteiger partial charge >= 0.3 is 12.0 Å². The van der Waals surface area contributed by atoms with Gasteiger partial charge in [0.2, 0.25) is 10.0 Å². The minimum absolute atomic E-state index is 0.0349. The number of hydrogen-bond donors (Lipinski definition) is 2. The van der Waals surface area contributed by atoms with Gasteiger partial charge in [-0.3, -0.25) is 4.90 Å². The molecule has 0 bridgehead atoms. The van der Waals surface area contributed by atoms with Crippen molar-refractivity contribution in [2.45, 2.75) is 11.8 Å². The lowest BCUT2D eigenvalue weighted by atomic mass is 10.1. The molecule has 2 amide bonds. The number of halogens is 2. The summed E-state index contributed by atoms with van der Waals surface area (Å²) in [6, 6.07) is 1.86. The van der Waals surface area contributed by atoms with Crippen molar-refractivity contribution in [1.29, 1.82) is 0 Å². The van der Waals surface area contributed by atoms with E-state index in [4.69, 9.17) is 4.74 Å². The summed E-state index contributed by atoms with van der Waals surface area (Å²) in [5, 5.41) is 5.11. The molecule has 0 saturated carbocycles. The Morgan fingerprint density at radius 3 is 2.57 bits per heavy atom. The second kappa shape index (κ2) is 9.06. The summed E-state index contributed by atoms with van der Waals surface area (Å²) < 4.78 is 58.8. The third kappa shape index (κ3) is 4.77. The van der Waals surface area contributed by atoms with E-state index in [1.54, 1.807) is 6.92 Å². The van der Waals surface area contributed by atoms with Crippen molar-refractivity contribution in [3.05, 3.63) is 41.1 Å². The van der Waals surface area contributed by atoms with E-state index in [9.17, 15) is 26.8 Å². The fraction of sp³-hybridized carbons (Fsp3) is 0.444. The number of benzene rings is 1. The van der Waals surface area contributed by atoms with E-state index in [0.29, 0.717) is 17.3 Å². The average Bonchev–Trinajstić information content (AvgIpc) is 2.70. The number of urea groups is 1. The van der Waals surface area contributed by atoms with Gasteiger partial charge in [0.05, 0.1) is 18.7 Å². The first-order chi connectivity index (χ1) is 14.2. The number of hydrogen-bond acceptors (Lipinski definition) is 6. The maximum atomic E-state index is 13.9. The third-order valence-corrected chi connectivity index (χ3v) is 6.71. The zero-order chi connectivity index (χ0) is 21.9. The van der Waals surface area contributed by atoms with Crippen molar-refractivity contribution in [1.82, 2.24) is 19.8 Å². The van der Waals surface area contributed by atoms with E-state index in [1.807, 2.05) is 4.90 Å². The standard InChI is InChI=1S/C18H22F2N4O5S/c1-2-29-17(25)13-10-21-18(26)22-15(13)11-23-5-7-24(8-6-23)30(27,28)16-9-12(19)3-4-14(16)20/h3-4,9H,2,5-8,10-11H2,1H3,(H2,21,22,26). The van der Waals surface area contributed by atoms with Crippen LogP contribution in [0, 0.1) is 11.6 Å². The van der Waals surface area contributed by atoms with Crippen LogP contribution in [-0.2, 0) is 19.6 Å². The highest BCUT2D eigenvalue weighted by atomic mass is 32.2. The van der Waals surface area contributed by atoms with E-state index in [0.717, 1.165) is 16.4 Å². The minimum atomic E-state index is -4.19. The monoisotopic (exact) mass is 444 g/mol.